The standard InChI is InChI=1S/C17H19N3O2.ClH/c1-22-15-6-7-16(19-11-15)17(21)20-14-4-2-12(3-5-14)13-8-9-18-10-13;/h2-7,11,13,18H,8-10H2,1H3,(H,20,21);1H/t13-;/m0./s1. The number of nitrogens with zero attached hydrogens (tertiary/aromatic N) is 1. The van der Waals surface area contributed by atoms with Gasteiger partial charge in [0.15, 0.2) is 0 Å². The van der Waals surface area contributed by atoms with Gasteiger partial charge in [0.05, 0.1) is 13.3 Å². The first-order valence-corrected chi connectivity index (χ1v) is 7.38. The second-order valence-electron chi connectivity index (χ2n) is 5.35. The summed E-state index contributed by atoms with van der Waals surface area (Å²) >= 11 is 0. The molecule has 0 radical (unpaired) electrons. The van der Waals surface area contributed by atoms with E-state index in [0.29, 0.717) is 17.4 Å². The molecule has 0 saturated carbocycles. The normalized spacial score (nSPS) is 16.5. The number of hydrogen-bond acceptors (Lipinski definition) is 4. The van der Waals surface area contributed by atoms with Gasteiger partial charge in [0.1, 0.15) is 11.4 Å². The minimum atomic E-state index is -0.224. The van der Waals surface area contributed by atoms with Gasteiger partial charge in [-0.05, 0) is 48.7 Å². The summed E-state index contributed by atoms with van der Waals surface area (Å²) in [7, 11) is 1.57. The van der Waals surface area contributed by atoms with Gasteiger partial charge >= 0.3 is 0 Å². The Morgan fingerprint density at radius 2 is 2.04 bits per heavy atom. The van der Waals surface area contributed by atoms with Gasteiger partial charge in [0, 0.05) is 12.2 Å². The fourth-order valence-corrected chi connectivity index (χ4v) is 2.61. The highest BCUT2D eigenvalue weighted by atomic mass is 35.5. The van der Waals surface area contributed by atoms with E-state index in [1.165, 1.54) is 18.2 Å². The van der Waals surface area contributed by atoms with Crippen LogP contribution in [-0.2, 0) is 0 Å². The minimum absolute atomic E-state index is 0. The maximum Gasteiger partial charge on any atom is 0.274 e. The summed E-state index contributed by atoms with van der Waals surface area (Å²) in [6.45, 7) is 2.10. The van der Waals surface area contributed by atoms with Gasteiger partial charge in [-0.15, -0.1) is 12.4 Å². The molecule has 0 spiro atoms. The predicted octanol–water partition coefficient (Wildman–Crippen LogP) is 2.84. The van der Waals surface area contributed by atoms with Crippen molar-refractivity contribution in [1.29, 1.82) is 0 Å². The molecule has 0 unspecified atom stereocenters. The first-order valence-electron chi connectivity index (χ1n) is 7.38. The number of carbonyl (C=O) groups is 1. The first-order chi connectivity index (χ1) is 10.8. The third-order valence-corrected chi connectivity index (χ3v) is 3.90. The predicted molar refractivity (Wildman–Crippen MR) is 92.7 cm³/mol. The number of pyridine rings is 1. The van der Waals surface area contributed by atoms with Crippen molar-refractivity contribution in [3.8, 4) is 5.75 Å². The number of benzene rings is 1. The fourth-order valence-electron chi connectivity index (χ4n) is 2.61. The lowest BCUT2D eigenvalue weighted by Crippen LogP contribution is -2.13. The van der Waals surface area contributed by atoms with Crippen LogP contribution in [0.15, 0.2) is 42.6 Å². The Hall–Kier alpha value is -2.11. The van der Waals surface area contributed by atoms with Gasteiger partial charge < -0.3 is 15.4 Å². The summed E-state index contributed by atoms with van der Waals surface area (Å²) in [5.41, 5.74) is 2.45. The molecule has 1 fully saturated rings. The van der Waals surface area contributed by atoms with E-state index in [2.05, 4.69) is 27.8 Å². The molecule has 5 nitrogen and oxygen atoms in total. The molecule has 1 atom stereocenters. The van der Waals surface area contributed by atoms with Crippen molar-refractivity contribution in [2.45, 2.75) is 12.3 Å². The monoisotopic (exact) mass is 333 g/mol. The summed E-state index contributed by atoms with van der Waals surface area (Å²) < 4.78 is 5.03. The van der Waals surface area contributed by atoms with Crippen LogP contribution in [-0.4, -0.2) is 31.1 Å². The van der Waals surface area contributed by atoms with E-state index in [0.717, 1.165) is 18.8 Å². The number of rotatable bonds is 4. The first kappa shape index (κ1) is 17.2. The zero-order chi connectivity index (χ0) is 15.4. The second kappa shape index (κ2) is 7.94. The Morgan fingerprint density at radius 1 is 1.26 bits per heavy atom. The molecule has 1 aromatic heterocycles. The third-order valence-electron chi connectivity index (χ3n) is 3.90. The van der Waals surface area contributed by atoms with E-state index in [-0.39, 0.29) is 18.3 Å². The van der Waals surface area contributed by atoms with Crippen molar-refractivity contribution >= 4 is 24.0 Å². The molecule has 122 valence electrons. The van der Waals surface area contributed by atoms with Crippen molar-refractivity contribution < 1.29 is 9.53 Å². The quantitative estimate of drug-likeness (QED) is 0.903. The summed E-state index contributed by atoms with van der Waals surface area (Å²) in [5.74, 6) is 0.983. The van der Waals surface area contributed by atoms with Crippen molar-refractivity contribution in [3.63, 3.8) is 0 Å². The largest absolute Gasteiger partial charge is 0.495 e. The highest BCUT2D eigenvalue weighted by Crippen LogP contribution is 2.23. The highest BCUT2D eigenvalue weighted by Gasteiger charge is 2.16. The number of ether oxygens (including phenoxy) is 1. The molecule has 0 aliphatic carbocycles. The van der Waals surface area contributed by atoms with E-state index >= 15 is 0 Å². The van der Waals surface area contributed by atoms with Gasteiger partial charge in [-0.1, -0.05) is 12.1 Å². The summed E-state index contributed by atoms with van der Waals surface area (Å²) in [5, 5.41) is 6.22. The molecule has 2 heterocycles. The third kappa shape index (κ3) is 4.21. The number of aromatic nitrogens is 1. The molecule has 0 bridgehead atoms. The maximum absolute atomic E-state index is 12.1. The van der Waals surface area contributed by atoms with Crippen molar-refractivity contribution in [3.05, 3.63) is 53.9 Å². The average Bonchev–Trinajstić information content (AvgIpc) is 3.10. The highest BCUT2D eigenvalue weighted by molar-refractivity contribution is 6.02. The lowest BCUT2D eigenvalue weighted by molar-refractivity contribution is 0.102. The van der Waals surface area contributed by atoms with Crippen LogP contribution in [0.5, 0.6) is 5.75 Å². The number of hydrogen-bond donors (Lipinski definition) is 2. The smallest absolute Gasteiger partial charge is 0.274 e. The van der Waals surface area contributed by atoms with Crippen LogP contribution in [0, 0.1) is 0 Å². The molecule has 3 rings (SSSR count). The molecule has 6 heteroatoms. The average molecular weight is 334 g/mol. The lowest BCUT2D eigenvalue weighted by Gasteiger charge is -2.10. The molecular formula is C17H20ClN3O2. The zero-order valence-electron chi connectivity index (χ0n) is 12.9. The van der Waals surface area contributed by atoms with E-state index in [1.807, 2.05) is 12.1 Å². The molecule has 23 heavy (non-hydrogen) atoms. The van der Waals surface area contributed by atoms with Crippen LogP contribution in [0.1, 0.15) is 28.4 Å². The number of halogens is 1. The minimum Gasteiger partial charge on any atom is -0.495 e. The summed E-state index contributed by atoms with van der Waals surface area (Å²) in [6, 6.07) is 11.4. The molecule has 2 N–H and O–H groups in total. The molecule has 1 amide bonds. The van der Waals surface area contributed by atoms with Crippen LogP contribution in [0.25, 0.3) is 0 Å². The molecule has 2 aromatic rings. The second-order valence-corrected chi connectivity index (χ2v) is 5.35. The molecule has 1 aliphatic rings. The van der Waals surface area contributed by atoms with Crippen LogP contribution in [0.2, 0.25) is 0 Å². The lowest BCUT2D eigenvalue weighted by atomic mass is 9.98. The molecule has 1 aliphatic heterocycles. The number of anilines is 1. The van der Waals surface area contributed by atoms with E-state index < -0.39 is 0 Å². The van der Waals surface area contributed by atoms with E-state index in [9.17, 15) is 4.79 Å². The summed E-state index contributed by atoms with van der Waals surface area (Å²) in [4.78, 5) is 16.2. The summed E-state index contributed by atoms with van der Waals surface area (Å²) in [6.07, 6.45) is 2.70. The number of methoxy groups -OCH3 is 1. The van der Waals surface area contributed by atoms with Gasteiger partial charge in [0.2, 0.25) is 0 Å². The number of amides is 1. The van der Waals surface area contributed by atoms with Crippen LogP contribution < -0.4 is 15.4 Å². The van der Waals surface area contributed by atoms with E-state index in [1.54, 1.807) is 19.2 Å². The van der Waals surface area contributed by atoms with Crippen LogP contribution in [0.3, 0.4) is 0 Å². The van der Waals surface area contributed by atoms with Gasteiger partial charge in [-0.3, -0.25) is 4.79 Å². The number of nitrogens with one attached hydrogen (secondary N) is 2. The van der Waals surface area contributed by atoms with Crippen molar-refractivity contribution in [1.82, 2.24) is 10.3 Å². The Morgan fingerprint density at radius 3 is 2.61 bits per heavy atom. The van der Waals surface area contributed by atoms with Crippen LogP contribution in [0.4, 0.5) is 5.69 Å². The number of carbonyl (C=O) groups excluding carboxylic acids is 1. The Kier molecular flexibility index (Phi) is 5.96. The Balaban J connectivity index is 0.00000192. The van der Waals surface area contributed by atoms with Crippen molar-refractivity contribution in [2.75, 3.05) is 25.5 Å². The topological polar surface area (TPSA) is 63.2 Å². The maximum atomic E-state index is 12.1. The van der Waals surface area contributed by atoms with Gasteiger partial charge in [-0.2, -0.15) is 0 Å². The molecular weight excluding hydrogens is 314 g/mol. The van der Waals surface area contributed by atoms with Gasteiger partial charge in [-0.25, -0.2) is 4.98 Å². The van der Waals surface area contributed by atoms with E-state index in [4.69, 9.17) is 4.74 Å². The van der Waals surface area contributed by atoms with Gasteiger partial charge in [0.25, 0.3) is 5.91 Å². The van der Waals surface area contributed by atoms with Crippen LogP contribution >= 0.6 is 12.4 Å². The SMILES string of the molecule is COc1ccc(C(=O)Nc2ccc([C@H]3CCNC3)cc2)nc1.Cl. The van der Waals surface area contributed by atoms with Crippen molar-refractivity contribution in [2.24, 2.45) is 0 Å². The molecule has 1 saturated heterocycles. The zero-order valence-corrected chi connectivity index (χ0v) is 13.7. The Labute approximate surface area is 141 Å². The Bertz CT molecular complexity index is 638. The fraction of sp³-hybridized carbons (Fsp3) is 0.294. The molecule has 1 aromatic carbocycles.